The molecule has 0 N–H and O–H groups in total. The summed E-state index contributed by atoms with van der Waals surface area (Å²) in [7, 11) is 0. The first-order valence-corrected chi connectivity index (χ1v) is 6.14. The van der Waals surface area contributed by atoms with Crippen LogP contribution in [0.5, 0.6) is 5.75 Å². The Bertz CT molecular complexity index is 602. The number of carbonyl (C=O) groups is 1. The molecule has 0 aliphatic heterocycles. The molecule has 0 atom stereocenters. The van der Waals surface area contributed by atoms with Crippen LogP contribution in [0, 0.1) is 6.92 Å². The first kappa shape index (κ1) is 13.6. The Morgan fingerprint density at radius 1 is 1.16 bits per heavy atom. The monoisotopic (exact) mass is 286 g/mol. The smallest absolute Gasteiger partial charge is 0.419 e. The first-order valence-electron chi connectivity index (χ1n) is 5.33. The van der Waals surface area contributed by atoms with E-state index in [9.17, 15) is 18.0 Å². The highest BCUT2D eigenvalue weighted by atomic mass is 32.1. The maximum Gasteiger partial charge on any atom is 0.419 e. The van der Waals surface area contributed by atoms with E-state index in [0.717, 1.165) is 17.0 Å². The summed E-state index contributed by atoms with van der Waals surface area (Å²) < 4.78 is 43.0. The number of ether oxygens (including phenoxy) is 1. The topological polar surface area (TPSA) is 26.3 Å². The number of rotatable bonds is 2. The number of alkyl halides is 3. The Balaban J connectivity index is 2.27. The number of thiophene rings is 1. The number of esters is 1. The molecule has 0 saturated carbocycles. The number of halogens is 3. The van der Waals surface area contributed by atoms with E-state index in [-0.39, 0.29) is 4.88 Å². The Labute approximate surface area is 111 Å². The molecular weight excluding hydrogens is 277 g/mol. The summed E-state index contributed by atoms with van der Waals surface area (Å²) in [5.74, 6) is -1.26. The van der Waals surface area contributed by atoms with E-state index in [4.69, 9.17) is 4.74 Å². The van der Waals surface area contributed by atoms with Gasteiger partial charge in [-0.25, -0.2) is 4.79 Å². The fraction of sp³-hybridized carbons (Fsp3) is 0.154. The summed E-state index contributed by atoms with van der Waals surface area (Å²) in [5.41, 5.74) is -0.961. The summed E-state index contributed by atoms with van der Waals surface area (Å²) in [5, 5.41) is 0. The van der Waals surface area contributed by atoms with Crippen molar-refractivity contribution in [2.24, 2.45) is 0 Å². The third-order valence-corrected chi connectivity index (χ3v) is 3.32. The van der Waals surface area contributed by atoms with Gasteiger partial charge in [-0.3, -0.25) is 0 Å². The molecule has 2 aromatic rings. The van der Waals surface area contributed by atoms with Crippen molar-refractivity contribution in [3.05, 3.63) is 51.7 Å². The minimum Gasteiger partial charge on any atom is -0.422 e. The molecule has 0 aliphatic rings. The molecule has 1 heterocycles. The number of hydrogen-bond acceptors (Lipinski definition) is 3. The highest BCUT2D eigenvalue weighted by molar-refractivity contribution is 7.13. The van der Waals surface area contributed by atoms with Gasteiger partial charge in [-0.1, -0.05) is 12.1 Å². The van der Waals surface area contributed by atoms with Crippen molar-refractivity contribution in [3.63, 3.8) is 0 Å². The van der Waals surface area contributed by atoms with Crippen molar-refractivity contribution >= 4 is 17.3 Å². The van der Waals surface area contributed by atoms with Gasteiger partial charge in [0.15, 0.2) is 0 Å². The molecular formula is C13H9F3O2S. The van der Waals surface area contributed by atoms with Crippen molar-refractivity contribution < 1.29 is 22.7 Å². The average Bonchev–Trinajstić information content (AvgIpc) is 2.75. The Morgan fingerprint density at radius 3 is 2.42 bits per heavy atom. The van der Waals surface area contributed by atoms with Gasteiger partial charge < -0.3 is 4.74 Å². The molecule has 2 nitrogen and oxygen atoms in total. The number of carbonyl (C=O) groups excluding carboxylic acids is 1. The Hall–Kier alpha value is -1.82. The summed E-state index contributed by atoms with van der Waals surface area (Å²) in [6.07, 6.45) is -4.55. The van der Waals surface area contributed by atoms with Gasteiger partial charge >= 0.3 is 12.1 Å². The maximum atomic E-state index is 12.7. The van der Waals surface area contributed by atoms with Crippen LogP contribution in [0.3, 0.4) is 0 Å². The third-order valence-electron chi connectivity index (χ3n) is 2.34. The van der Waals surface area contributed by atoms with Gasteiger partial charge in [0.25, 0.3) is 0 Å². The zero-order chi connectivity index (χ0) is 14.0. The van der Waals surface area contributed by atoms with Crippen LogP contribution in [-0.4, -0.2) is 5.97 Å². The highest BCUT2D eigenvalue weighted by Gasteiger charge is 2.34. The van der Waals surface area contributed by atoms with E-state index in [1.807, 2.05) is 0 Å². The maximum absolute atomic E-state index is 12.7. The van der Waals surface area contributed by atoms with E-state index >= 15 is 0 Å². The quantitative estimate of drug-likeness (QED) is 0.608. The lowest BCUT2D eigenvalue weighted by Crippen LogP contribution is -2.12. The Kier molecular flexibility index (Phi) is 3.61. The molecule has 0 saturated heterocycles. The largest absolute Gasteiger partial charge is 0.422 e. The van der Waals surface area contributed by atoms with Crippen LogP contribution >= 0.6 is 11.3 Å². The fourth-order valence-corrected chi connectivity index (χ4v) is 2.23. The summed E-state index contributed by atoms with van der Waals surface area (Å²) in [6.45, 7) is 1.80. The SMILES string of the molecule is Cc1ccc(C(=O)Oc2ccccc2C(F)(F)F)s1. The van der Waals surface area contributed by atoms with Crippen molar-refractivity contribution in [2.75, 3.05) is 0 Å². The number of para-hydroxylation sites is 1. The molecule has 100 valence electrons. The van der Waals surface area contributed by atoms with Gasteiger partial charge in [0.05, 0.1) is 5.56 Å². The summed E-state index contributed by atoms with van der Waals surface area (Å²) in [6, 6.07) is 7.87. The zero-order valence-corrected chi connectivity index (χ0v) is 10.6. The normalized spacial score (nSPS) is 11.4. The van der Waals surface area contributed by atoms with Crippen LogP contribution in [-0.2, 0) is 6.18 Å². The molecule has 0 radical (unpaired) electrons. The highest BCUT2D eigenvalue weighted by Crippen LogP contribution is 2.36. The lowest BCUT2D eigenvalue weighted by molar-refractivity contribution is -0.138. The molecule has 0 unspecified atom stereocenters. The number of hydrogen-bond donors (Lipinski definition) is 0. The second kappa shape index (κ2) is 5.05. The van der Waals surface area contributed by atoms with E-state index in [1.165, 1.54) is 29.5 Å². The van der Waals surface area contributed by atoms with Gasteiger partial charge in [0.2, 0.25) is 0 Å². The van der Waals surface area contributed by atoms with Crippen LogP contribution < -0.4 is 4.74 Å². The zero-order valence-electron chi connectivity index (χ0n) is 9.82. The van der Waals surface area contributed by atoms with Gasteiger partial charge in [-0.2, -0.15) is 13.2 Å². The van der Waals surface area contributed by atoms with Gasteiger partial charge in [-0.05, 0) is 31.2 Å². The molecule has 0 amide bonds. The van der Waals surface area contributed by atoms with E-state index < -0.39 is 23.5 Å². The van der Waals surface area contributed by atoms with E-state index in [0.29, 0.717) is 0 Å². The molecule has 2 rings (SSSR count). The second-order valence-electron chi connectivity index (χ2n) is 3.79. The van der Waals surface area contributed by atoms with Crippen molar-refractivity contribution in [1.82, 2.24) is 0 Å². The van der Waals surface area contributed by atoms with Crippen LogP contribution in [0.15, 0.2) is 36.4 Å². The van der Waals surface area contributed by atoms with Gasteiger partial charge in [0, 0.05) is 4.88 Å². The lowest BCUT2D eigenvalue weighted by Gasteiger charge is -2.11. The van der Waals surface area contributed by atoms with Gasteiger partial charge in [0.1, 0.15) is 10.6 Å². The predicted molar refractivity (Wildman–Crippen MR) is 65.5 cm³/mol. The van der Waals surface area contributed by atoms with Crippen molar-refractivity contribution in [2.45, 2.75) is 13.1 Å². The number of benzene rings is 1. The molecule has 0 fully saturated rings. The third kappa shape index (κ3) is 3.14. The fourth-order valence-electron chi connectivity index (χ4n) is 1.48. The van der Waals surface area contributed by atoms with Crippen LogP contribution in [0.2, 0.25) is 0 Å². The molecule has 0 aliphatic carbocycles. The first-order chi connectivity index (χ1) is 8.88. The molecule has 0 bridgehead atoms. The summed E-state index contributed by atoms with van der Waals surface area (Å²) >= 11 is 1.17. The van der Waals surface area contributed by atoms with E-state index in [1.54, 1.807) is 13.0 Å². The molecule has 1 aromatic heterocycles. The predicted octanol–water partition coefficient (Wildman–Crippen LogP) is 4.29. The molecule has 1 aromatic carbocycles. The minimum atomic E-state index is -4.55. The van der Waals surface area contributed by atoms with E-state index in [2.05, 4.69) is 0 Å². The van der Waals surface area contributed by atoms with Gasteiger partial charge in [-0.15, -0.1) is 11.3 Å². The van der Waals surface area contributed by atoms with Crippen molar-refractivity contribution in [1.29, 1.82) is 0 Å². The lowest BCUT2D eigenvalue weighted by atomic mass is 10.2. The Morgan fingerprint density at radius 2 is 1.84 bits per heavy atom. The van der Waals surface area contributed by atoms with Crippen LogP contribution in [0.1, 0.15) is 20.1 Å². The molecule has 19 heavy (non-hydrogen) atoms. The standard InChI is InChI=1S/C13H9F3O2S/c1-8-6-7-11(19-8)12(17)18-10-5-3-2-4-9(10)13(14,15)16/h2-7H,1H3. The average molecular weight is 286 g/mol. The second-order valence-corrected chi connectivity index (χ2v) is 5.08. The van der Waals surface area contributed by atoms with Crippen LogP contribution in [0.4, 0.5) is 13.2 Å². The molecule has 6 heteroatoms. The minimum absolute atomic E-state index is 0.273. The molecule has 0 spiro atoms. The van der Waals surface area contributed by atoms with Crippen molar-refractivity contribution in [3.8, 4) is 5.75 Å². The summed E-state index contributed by atoms with van der Waals surface area (Å²) in [4.78, 5) is 12.9. The van der Waals surface area contributed by atoms with Crippen LogP contribution in [0.25, 0.3) is 0 Å². The number of aryl methyl sites for hydroxylation is 1.